The lowest BCUT2D eigenvalue weighted by atomic mass is 9.79. The van der Waals surface area contributed by atoms with E-state index in [0.29, 0.717) is 24.6 Å². The number of hydrogen-bond acceptors (Lipinski definition) is 8. The largest absolute Gasteiger partial charge is 0.507 e. The van der Waals surface area contributed by atoms with Gasteiger partial charge in [-0.1, -0.05) is 94.9 Å². The highest BCUT2D eigenvalue weighted by Crippen LogP contribution is 2.42. The number of anilines is 1. The number of carbonyl (C=O) groups is 2. The average Bonchev–Trinajstić information content (AvgIpc) is 3.30. The number of ether oxygens (including phenoxy) is 2. The van der Waals surface area contributed by atoms with Gasteiger partial charge in [-0.2, -0.15) is 0 Å². The Morgan fingerprint density at radius 3 is 1.87 bits per heavy atom. The zero-order chi connectivity index (χ0) is 34.7. The van der Waals surface area contributed by atoms with Crippen molar-refractivity contribution in [2.24, 2.45) is 5.41 Å². The van der Waals surface area contributed by atoms with Gasteiger partial charge >= 0.3 is 11.9 Å². The molecule has 0 spiro atoms. The zero-order valence-corrected chi connectivity index (χ0v) is 31.2. The van der Waals surface area contributed by atoms with Crippen LogP contribution < -0.4 is 5.32 Å². The number of nitrogens with one attached hydrogen (secondary N) is 1. The molecule has 8 heteroatoms. The minimum Gasteiger partial charge on any atom is -0.507 e. The maximum absolute atomic E-state index is 13.6. The molecule has 1 aliphatic heterocycles. The Kier molecular flexibility index (Phi) is 11.7. The molecule has 1 aliphatic rings. The van der Waals surface area contributed by atoms with Crippen LogP contribution in [0.4, 0.5) is 5.69 Å². The predicted molar refractivity (Wildman–Crippen MR) is 189 cm³/mol. The molecule has 1 aromatic carbocycles. The molecule has 1 saturated heterocycles. The average molecular weight is 655 g/mol. The summed E-state index contributed by atoms with van der Waals surface area (Å²) in [6, 6.07) is 8.16. The van der Waals surface area contributed by atoms with E-state index in [9.17, 15) is 14.7 Å². The molecule has 0 bridgehead atoms. The van der Waals surface area contributed by atoms with Crippen LogP contribution >= 0.6 is 11.3 Å². The van der Waals surface area contributed by atoms with Gasteiger partial charge < -0.3 is 24.8 Å². The fraction of sp³-hybridized carbons (Fsp3) is 0.632. The van der Waals surface area contributed by atoms with Gasteiger partial charge in [0.2, 0.25) is 0 Å². The summed E-state index contributed by atoms with van der Waals surface area (Å²) in [5.41, 5.74) is 1.52. The Balaban J connectivity index is 2.20. The van der Waals surface area contributed by atoms with E-state index in [2.05, 4.69) is 91.6 Å². The Hall–Kier alpha value is -3.00. The van der Waals surface area contributed by atoms with E-state index in [1.165, 1.54) is 11.3 Å². The summed E-state index contributed by atoms with van der Waals surface area (Å²) in [6.45, 7) is 25.5. The molecule has 0 unspecified atom stereocenters. The standard InChI is InChI=1S/C38H58N2O5S/c1-13-14-15-16-17-20-40(24-27-19-18-26(46-27)23-35(2,3)4)32(30-33(42)44-38(11,12)45-34(30)43)39-25-21-28(36(5,6)7)31(41)29(22-25)37(8,9)10/h18-19,21-22,39,41H,13-17,20,23-24H2,1-12H3. The number of nitrogens with zero attached hydrogens (tertiary/aromatic N) is 1. The smallest absolute Gasteiger partial charge is 0.352 e. The molecule has 2 aromatic rings. The van der Waals surface area contributed by atoms with Crippen LogP contribution in [0.1, 0.15) is 136 Å². The first kappa shape index (κ1) is 37.5. The van der Waals surface area contributed by atoms with Gasteiger partial charge in [-0.3, -0.25) is 0 Å². The third kappa shape index (κ3) is 10.2. The van der Waals surface area contributed by atoms with Crippen molar-refractivity contribution in [2.45, 2.75) is 145 Å². The van der Waals surface area contributed by atoms with Crippen LogP contribution in [0.5, 0.6) is 5.75 Å². The lowest BCUT2D eigenvalue weighted by Gasteiger charge is -2.35. The van der Waals surface area contributed by atoms with Crippen LogP contribution in [0.25, 0.3) is 0 Å². The maximum Gasteiger partial charge on any atom is 0.352 e. The Labute approximate surface area is 281 Å². The third-order valence-corrected chi connectivity index (χ3v) is 9.00. The predicted octanol–water partition coefficient (Wildman–Crippen LogP) is 9.57. The number of carbonyl (C=O) groups excluding carboxylic acids is 2. The van der Waals surface area contributed by atoms with Crippen LogP contribution in [-0.4, -0.2) is 34.3 Å². The summed E-state index contributed by atoms with van der Waals surface area (Å²) in [5.74, 6) is -2.18. The zero-order valence-electron chi connectivity index (χ0n) is 30.4. The Morgan fingerprint density at radius 2 is 1.37 bits per heavy atom. The second-order valence-electron chi connectivity index (χ2n) is 16.4. The van der Waals surface area contributed by atoms with Crippen LogP contribution in [0.15, 0.2) is 35.7 Å². The highest BCUT2D eigenvalue weighted by Gasteiger charge is 2.42. The van der Waals surface area contributed by atoms with Crippen molar-refractivity contribution >= 4 is 29.0 Å². The van der Waals surface area contributed by atoms with E-state index in [-0.39, 0.29) is 27.6 Å². The topological polar surface area (TPSA) is 88.1 Å². The molecular weight excluding hydrogens is 596 g/mol. The lowest BCUT2D eigenvalue weighted by molar-refractivity contribution is -0.222. The highest BCUT2D eigenvalue weighted by atomic mass is 32.1. The molecule has 0 saturated carbocycles. The van der Waals surface area contributed by atoms with Gasteiger partial charge in [0.15, 0.2) is 5.57 Å². The molecule has 1 aromatic heterocycles. The Morgan fingerprint density at radius 1 is 0.848 bits per heavy atom. The van der Waals surface area contributed by atoms with Crippen molar-refractivity contribution in [3.63, 3.8) is 0 Å². The van der Waals surface area contributed by atoms with Gasteiger partial charge in [0.25, 0.3) is 5.79 Å². The molecule has 0 radical (unpaired) electrons. The molecule has 7 nitrogen and oxygen atoms in total. The summed E-state index contributed by atoms with van der Waals surface area (Å²) >= 11 is 1.76. The molecular formula is C38H58N2O5S. The molecule has 2 heterocycles. The second kappa shape index (κ2) is 14.4. The normalized spacial score (nSPS) is 15.4. The Bertz CT molecular complexity index is 1360. The SMILES string of the molecule is CCCCCCCN(Cc1ccc(CC(C)(C)C)s1)C(Nc1cc(C(C)(C)C)c(O)c(C(C)(C)C)c1)=C1C(=O)OC(C)(C)OC1=O. The van der Waals surface area contributed by atoms with Gasteiger partial charge in [-0.15, -0.1) is 11.3 Å². The van der Waals surface area contributed by atoms with Gasteiger partial charge in [0, 0.05) is 47.0 Å². The summed E-state index contributed by atoms with van der Waals surface area (Å²) in [5, 5.41) is 14.9. The molecule has 3 rings (SSSR count). The van der Waals surface area contributed by atoms with E-state index in [0.717, 1.165) is 48.1 Å². The number of hydrogen-bond donors (Lipinski definition) is 2. The number of benzene rings is 1. The molecule has 0 aliphatic carbocycles. The minimum atomic E-state index is -1.36. The maximum atomic E-state index is 13.6. The van der Waals surface area contributed by atoms with Gasteiger partial charge in [-0.25, -0.2) is 9.59 Å². The number of phenols is 1. The van der Waals surface area contributed by atoms with Crippen LogP contribution in [0.3, 0.4) is 0 Å². The minimum absolute atomic E-state index is 0.151. The molecule has 2 N–H and O–H groups in total. The summed E-state index contributed by atoms with van der Waals surface area (Å²) in [6.07, 6.45) is 6.33. The van der Waals surface area contributed by atoms with Crippen molar-refractivity contribution in [1.82, 2.24) is 4.90 Å². The van der Waals surface area contributed by atoms with E-state index in [4.69, 9.17) is 9.47 Å². The van der Waals surface area contributed by atoms with Crippen LogP contribution in [0.2, 0.25) is 0 Å². The second-order valence-corrected chi connectivity index (χ2v) is 17.6. The monoisotopic (exact) mass is 654 g/mol. The van der Waals surface area contributed by atoms with Crippen LogP contribution in [-0.2, 0) is 42.9 Å². The molecule has 1 fully saturated rings. The first-order valence-electron chi connectivity index (χ1n) is 16.8. The van der Waals surface area contributed by atoms with E-state index < -0.39 is 17.7 Å². The first-order chi connectivity index (χ1) is 21.1. The van der Waals surface area contributed by atoms with Gasteiger partial charge in [0.1, 0.15) is 11.6 Å². The van der Waals surface area contributed by atoms with Crippen molar-refractivity contribution in [1.29, 1.82) is 0 Å². The van der Waals surface area contributed by atoms with Crippen molar-refractivity contribution in [2.75, 3.05) is 11.9 Å². The highest BCUT2D eigenvalue weighted by molar-refractivity contribution is 7.12. The quantitative estimate of drug-likeness (QED) is 0.0775. The summed E-state index contributed by atoms with van der Waals surface area (Å²) in [4.78, 5) is 31.7. The first-order valence-corrected chi connectivity index (χ1v) is 17.6. The molecule has 46 heavy (non-hydrogen) atoms. The van der Waals surface area contributed by atoms with Crippen molar-refractivity contribution in [3.05, 3.63) is 56.5 Å². The lowest BCUT2D eigenvalue weighted by Crippen LogP contribution is -2.44. The fourth-order valence-electron chi connectivity index (χ4n) is 5.62. The number of esters is 2. The van der Waals surface area contributed by atoms with E-state index in [1.54, 1.807) is 25.2 Å². The number of aromatic hydroxyl groups is 1. The van der Waals surface area contributed by atoms with Gasteiger partial charge in [0.05, 0.1) is 6.54 Å². The number of thiophene rings is 1. The van der Waals surface area contributed by atoms with Crippen molar-refractivity contribution in [3.8, 4) is 5.75 Å². The number of cyclic esters (lactones) is 2. The summed E-state index contributed by atoms with van der Waals surface area (Å²) < 4.78 is 11.2. The number of phenolic OH excluding ortho intramolecular Hbond substituents is 1. The fourth-order valence-corrected chi connectivity index (χ4v) is 6.96. The molecule has 256 valence electrons. The molecule has 0 atom stereocenters. The van der Waals surface area contributed by atoms with Crippen LogP contribution in [0, 0.1) is 5.41 Å². The van der Waals surface area contributed by atoms with E-state index >= 15 is 0 Å². The van der Waals surface area contributed by atoms with Crippen molar-refractivity contribution < 1.29 is 24.2 Å². The molecule has 0 amide bonds. The van der Waals surface area contributed by atoms with E-state index in [1.807, 2.05) is 12.1 Å². The third-order valence-electron chi connectivity index (χ3n) is 7.93. The summed E-state index contributed by atoms with van der Waals surface area (Å²) in [7, 11) is 0. The number of rotatable bonds is 12. The van der Waals surface area contributed by atoms with Gasteiger partial charge in [-0.05, 0) is 53.4 Å². The number of unbranched alkanes of at least 4 members (excludes halogenated alkanes) is 4.